The van der Waals surface area contributed by atoms with Gasteiger partial charge in [-0.05, 0) is 37.6 Å². The van der Waals surface area contributed by atoms with Gasteiger partial charge in [0.25, 0.3) is 0 Å². The summed E-state index contributed by atoms with van der Waals surface area (Å²) in [5, 5.41) is 1.18. The van der Waals surface area contributed by atoms with Crippen molar-refractivity contribution in [1.29, 1.82) is 0 Å². The quantitative estimate of drug-likeness (QED) is 0.778. The fraction of sp³-hybridized carbons (Fsp3) is 0.333. The number of nitrogens with zero attached hydrogens (tertiary/aromatic N) is 1. The molecule has 0 saturated carbocycles. The minimum Gasteiger partial charge on any atom is -0.469 e. The van der Waals surface area contributed by atoms with Crippen LogP contribution in [-0.4, -0.2) is 18.1 Å². The first kappa shape index (κ1) is 12.6. The highest BCUT2D eigenvalue weighted by atomic mass is 16.5. The zero-order chi connectivity index (χ0) is 13.1. The lowest BCUT2D eigenvalue weighted by molar-refractivity contribution is -0.140. The fourth-order valence-corrected chi connectivity index (χ4v) is 2.04. The molecule has 1 aromatic heterocycles. The number of carbonyl (C=O) groups is 1. The Morgan fingerprint density at radius 3 is 2.78 bits per heavy atom. The van der Waals surface area contributed by atoms with Crippen molar-refractivity contribution in [2.24, 2.45) is 0 Å². The molecule has 0 aliphatic rings. The smallest absolute Gasteiger partial charge is 0.305 e. The Morgan fingerprint density at radius 2 is 2.06 bits per heavy atom. The number of rotatable bonds is 3. The van der Waals surface area contributed by atoms with E-state index in [-0.39, 0.29) is 5.97 Å². The van der Waals surface area contributed by atoms with E-state index in [1.807, 2.05) is 12.1 Å². The highest BCUT2D eigenvalue weighted by molar-refractivity contribution is 5.83. The molecule has 0 spiro atoms. The summed E-state index contributed by atoms with van der Waals surface area (Å²) in [6.45, 7) is 4.15. The number of hydrogen-bond donors (Lipinski definition) is 0. The molecule has 18 heavy (non-hydrogen) atoms. The number of esters is 1. The molecule has 2 rings (SSSR count). The summed E-state index contributed by atoms with van der Waals surface area (Å²) in [6.07, 6.45) is 0.998. The van der Waals surface area contributed by atoms with E-state index < -0.39 is 0 Å². The highest BCUT2D eigenvalue weighted by Crippen LogP contribution is 2.19. The molecule has 0 atom stereocenters. The molecule has 3 nitrogen and oxygen atoms in total. The van der Waals surface area contributed by atoms with Gasteiger partial charge in [0.05, 0.1) is 19.0 Å². The molecular weight excluding hydrogens is 226 g/mol. The lowest BCUT2D eigenvalue weighted by atomic mass is 10.1. The van der Waals surface area contributed by atoms with Gasteiger partial charge in [-0.15, -0.1) is 0 Å². The summed E-state index contributed by atoms with van der Waals surface area (Å²) < 4.78 is 4.64. The molecule has 2 aromatic rings. The normalized spacial score (nSPS) is 10.6. The molecule has 0 radical (unpaired) electrons. The van der Waals surface area contributed by atoms with E-state index in [9.17, 15) is 4.79 Å². The largest absolute Gasteiger partial charge is 0.469 e. The monoisotopic (exact) mass is 243 g/mol. The minimum absolute atomic E-state index is 0.196. The van der Waals surface area contributed by atoms with Crippen LogP contribution in [0.2, 0.25) is 0 Å². The maximum absolute atomic E-state index is 11.1. The van der Waals surface area contributed by atoms with E-state index in [4.69, 9.17) is 0 Å². The average molecular weight is 243 g/mol. The summed E-state index contributed by atoms with van der Waals surface area (Å²) in [6, 6.07) is 8.27. The minimum atomic E-state index is -0.196. The molecule has 1 aromatic carbocycles. The van der Waals surface area contributed by atoms with E-state index >= 15 is 0 Å². The molecule has 94 valence electrons. The Labute approximate surface area is 107 Å². The third kappa shape index (κ3) is 2.67. The van der Waals surface area contributed by atoms with Gasteiger partial charge in [-0.3, -0.25) is 9.78 Å². The van der Waals surface area contributed by atoms with Gasteiger partial charge in [0, 0.05) is 17.5 Å². The van der Waals surface area contributed by atoms with Crippen molar-refractivity contribution >= 4 is 16.9 Å². The second-order valence-electron chi connectivity index (χ2n) is 4.53. The third-order valence-corrected chi connectivity index (χ3v) is 3.04. The first-order chi connectivity index (χ1) is 8.60. The molecule has 1 heterocycles. The van der Waals surface area contributed by atoms with Crippen LogP contribution in [-0.2, 0) is 16.0 Å². The number of methoxy groups -OCH3 is 1. The molecule has 0 fully saturated rings. The van der Waals surface area contributed by atoms with Crippen LogP contribution < -0.4 is 0 Å². The highest BCUT2D eigenvalue weighted by Gasteiger charge is 2.06. The van der Waals surface area contributed by atoms with Crippen LogP contribution in [0.5, 0.6) is 0 Å². The van der Waals surface area contributed by atoms with Crippen LogP contribution in [0.1, 0.15) is 23.2 Å². The number of pyridine rings is 1. The molecular formula is C15H17NO2. The number of aromatic nitrogens is 1. The molecule has 0 aliphatic carbocycles. The van der Waals surface area contributed by atoms with Gasteiger partial charge in [-0.25, -0.2) is 0 Å². The molecule has 0 amide bonds. The van der Waals surface area contributed by atoms with Crippen LogP contribution in [0.4, 0.5) is 0 Å². The van der Waals surface area contributed by atoms with E-state index in [1.165, 1.54) is 23.6 Å². The van der Waals surface area contributed by atoms with Gasteiger partial charge < -0.3 is 4.74 Å². The Balaban J connectivity index is 2.31. The van der Waals surface area contributed by atoms with Gasteiger partial charge in [0.1, 0.15) is 0 Å². The fourth-order valence-electron chi connectivity index (χ4n) is 2.04. The first-order valence-corrected chi connectivity index (χ1v) is 6.04. The Kier molecular flexibility index (Phi) is 3.60. The van der Waals surface area contributed by atoms with Crippen molar-refractivity contribution in [3.05, 3.63) is 41.1 Å². The van der Waals surface area contributed by atoms with E-state index in [1.54, 1.807) is 0 Å². The first-order valence-electron chi connectivity index (χ1n) is 6.04. The summed E-state index contributed by atoms with van der Waals surface area (Å²) in [4.78, 5) is 15.7. The Hall–Kier alpha value is -1.90. The van der Waals surface area contributed by atoms with Crippen LogP contribution in [0, 0.1) is 13.8 Å². The number of carbonyl (C=O) groups excluding carboxylic acids is 1. The van der Waals surface area contributed by atoms with Crippen molar-refractivity contribution in [3.8, 4) is 0 Å². The van der Waals surface area contributed by atoms with Crippen molar-refractivity contribution in [1.82, 2.24) is 4.98 Å². The average Bonchev–Trinajstić information content (AvgIpc) is 2.37. The van der Waals surface area contributed by atoms with Gasteiger partial charge in [0.2, 0.25) is 0 Å². The van der Waals surface area contributed by atoms with Gasteiger partial charge in [-0.2, -0.15) is 0 Å². The zero-order valence-corrected chi connectivity index (χ0v) is 11.0. The topological polar surface area (TPSA) is 39.2 Å². The summed E-state index contributed by atoms with van der Waals surface area (Å²) in [5.41, 5.74) is 4.35. The van der Waals surface area contributed by atoms with Crippen LogP contribution in [0.25, 0.3) is 10.9 Å². The van der Waals surface area contributed by atoms with Crippen molar-refractivity contribution in [2.45, 2.75) is 26.7 Å². The zero-order valence-electron chi connectivity index (χ0n) is 11.0. The SMILES string of the molecule is COC(=O)CCc1cc(C)c2cc(C)ccc2n1. The number of fused-ring (bicyclic) bond motifs is 1. The lowest BCUT2D eigenvalue weighted by Gasteiger charge is -2.07. The second kappa shape index (κ2) is 5.17. The molecule has 0 bridgehead atoms. The summed E-state index contributed by atoms with van der Waals surface area (Å²) in [5.74, 6) is -0.196. The van der Waals surface area contributed by atoms with Crippen molar-refractivity contribution in [2.75, 3.05) is 7.11 Å². The lowest BCUT2D eigenvalue weighted by Crippen LogP contribution is -2.03. The molecule has 0 aliphatic heterocycles. The summed E-state index contributed by atoms with van der Waals surface area (Å²) >= 11 is 0. The number of ether oxygens (including phenoxy) is 1. The number of hydrogen-bond acceptors (Lipinski definition) is 3. The predicted octanol–water partition coefficient (Wildman–Crippen LogP) is 2.96. The van der Waals surface area contributed by atoms with Gasteiger partial charge >= 0.3 is 5.97 Å². The summed E-state index contributed by atoms with van der Waals surface area (Å²) in [7, 11) is 1.41. The standard InChI is InChI=1S/C15H17NO2/c1-10-4-6-14-13(8-10)11(2)9-12(16-14)5-7-15(17)18-3/h4,6,8-9H,5,7H2,1-3H3. The van der Waals surface area contributed by atoms with E-state index in [0.717, 1.165) is 11.2 Å². The second-order valence-corrected chi connectivity index (χ2v) is 4.53. The van der Waals surface area contributed by atoms with Crippen molar-refractivity contribution < 1.29 is 9.53 Å². The Bertz CT molecular complexity index is 590. The maximum Gasteiger partial charge on any atom is 0.305 e. The van der Waals surface area contributed by atoms with Gasteiger partial charge in [-0.1, -0.05) is 11.6 Å². The predicted molar refractivity (Wildman–Crippen MR) is 71.6 cm³/mol. The molecule has 0 N–H and O–H groups in total. The molecule has 3 heteroatoms. The van der Waals surface area contributed by atoms with Gasteiger partial charge in [0.15, 0.2) is 0 Å². The van der Waals surface area contributed by atoms with E-state index in [0.29, 0.717) is 12.8 Å². The van der Waals surface area contributed by atoms with Crippen LogP contribution in [0.15, 0.2) is 24.3 Å². The molecule has 0 saturated heterocycles. The van der Waals surface area contributed by atoms with E-state index in [2.05, 4.69) is 35.7 Å². The maximum atomic E-state index is 11.1. The van der Waals surface area contributed by atoms with Crippen LogP contribution >= 0.6 is 0 Å². The number of aryl methyl sites for hydroxylation is 3. The Morgan fingerprint density at radius 1 is 1.28 bits per heavy atom. The third-order valence-electron chi connectivity index (χ3n) is 3.04. The van der Waals surface area contributed by atoms with Crippen LogP contribution in [0.3, 0.4) is 0 Å². The number of benzene rings is 1. The molecule has 0 unspecified atom stereocenters. The van der Waals surface area contributed by atoms with Crippen molar-refractivity contribution in [3.63, 3.8) is 0 Å².